The average Bonchev–Trinajstić information content (AvgIpc) is 3.06. The SMILES string of the molecule is COc1cc(C#N)ccc1OCC(=O)N1CCC(C(=O)N2CCCCCC2)CC1. The van der Waals surface area contributed by atoms with E-state index >= 15 is 0 Å². The summed E-state index contributed by atoms with van der Waals surface area (Å²) in [7, 11) is 1.50. The molecule has 2 aliphatic heterocycles. The lowest BCUT2D eigenvalue weighted by Crippen LogP contribution is -2.45. The number of amides is 2. The van der Waals surface area contributed by atoms with Crippen LogP contribution in [0.15, 0.2) is 18.2 Å². The molecule has 0 unspecified atom stereocenters. The first-order chi connectivity index (χ1) is 14.1. The molecule has 0 radical (unpaired) electrons. The van der Waals surface area contributed by atoms with E-state index in [4.69, 9.17) is 14.7 Å². The zero-order chi connectivity index (χ0) is 20.6. The van der Waals surface area contributed by atoms with E-state index in [1.807, 2.05) is 11.0 Å². The summed E-state index contributed by atoms with van der Waals surface area (Å²) in [5.74, 6) is 1.05. The van der Waals surface area contributed by atoms with Crippen molar-refractivity contribution in [3.63, 3.8) is 0 Å². The molecule has 29 heavy (non-hydrogen) atoms. The highest BCUT2D eigenvalue weighted by Gasteiger charge is 2.30. The third-order valence-electron chi connectivity index (χ3n) is 5.76. The Labute approximate surface area is 172 Å². The summed E-state index contributed by atoms with van der Waals surface area (Å²) < 4.78 is 10.9. The molecule has 156 valence electrons. The van der Waals surface area contributed by atoms with Crippen LogP contribution in [0.2, 0.25) is 0 Å². The number of piperidine rings is 1. The van der Waals surface area contributed by atoms with Crippen molar-refractivity contribution in [1.29, 1.82) is 5.26 Å². The molecule has 1 aromatic rings. The lowest BCUT2D eigenvalue weighted by Gasteiger charge is -2.34. The fraction of sp³-hybridized carbons (Fsp3) is 0.591. The van der Waals surface area contributed by atoms with Crippen molar-refractivity contribution in [2.75, 3.05) is 39.9 Å². The van der Waals surface area contributed by atoms with Gasteiger partial charge in [-0.25, -0.2) is 0 Å². The average molecular weight is 399 g/mol. The highest BCUT2D eigenvalue weighted by molar-refractivity contribution is 5.80. The number of rotatable bonds is 5. The Morgan fingerprint density at radius 3 is 2.34 bits per heavy atom. The van der Waals surface area contributed by atoms with E-state index in [1.165, 1.54) is 20.0 Å². The largest absolute Gasteiger partial charge is 0.493 e. The van der Waals surface area contributed by atoms with Crippen molar-refractivity contribution in [2.24, 2.45) is 5.92 Å². The van der Waals surface area contributed by atoms with Crippen molar-refractivity contribution in [3.05, 3.63) is 23.8 Å². The fourth-order valence-electron chi connectivity index (χ4n) is 4.01. The number of nitriles is 1. The first kappa shape index (κ1) is 21.0. The van der Waals surface area contributed by atoms with E-state index in [0.717, 1.165) is 25.9 Å². The van der Waals surface area contributed by atoms with Crippen molar-refractivity contribution < 1.29 is 19.1 Å². The van der Waals surface area contributed by atoms with Crippen molar-refractivity contribution >= 4 is 11.8 Å². The van der Waals surface area contributed by atoms with E-state index < -0.39 is 0 Å². The maximum Gasteiger partial charge on any atom is 0.260 e. The fourth-order valence-corrected chi connectivity index (χ4v) is 4.01. The van der Waals surface area contributed by atoms with Gasteiger partial charge in [0.1, 0.15) is 0 Å². The van der Waals surface area contributed by atoms with Gasteiger partial charge in [-0.15, -0.1) is 0 Å². The van der Waals surface area contributed by atoms with Crippen LogP contribution in [0.4, 0.5) is 0 Å². The molecule has 2 fully saturated rings. The molecule has 3 rings (SSSR count). The maximum absolute atomic E-state index is 12.8. The number of ether oxygens (including phenoxy) is 2. The first-order valence-corrected chi connectivity index (χ1v) is 10.4. The second kappa shape index (κ2) is 10.1. The van der Waals surface area contributed by atoms with Crippen LogP contribution in [0.25, 0.3) is 0 Å². The second-order valence-electron chi connectivity index (χ2n) is 7.66. The van der Waals surface area contributed by atoms with Crippen LogP contribution in [-0.2, 0) is 9.59 Å². The van der Waals surface area contributed by atoms with Gasteiger partial charge in [-0.05, 0) is 37.8 Å². The number of hydrogen-bond acceptors (Lipinski definition) is 5. The van der Waals surface area contributed by atoms with E-state index in [-0.39, 0.29) is 24.3 Å². The van der Waals surface area contributed by atoms with Gasteiger partial charge < -0.3 is 19.3 Å². The van der Waals surface area contributed by atoms with Crippen LogP contribution in [0.1, 0.15) is 44.1 Å². The molecular weight excluding hydrogens is 370 g/mol. The number of methoxy groups -OCH3 is 1. The Morgan fingerprint density at radius 1 is 1.03 bits per heavy atom. The Hall–Kier alpha value is -2.75. The highest BCUT2D eigenvalue weighted by atomic mass is 16.5. The van der Waals surface area contributed by atoms with E-state index in [1.54, 1.807) is 23.1 Å². The molecule has 0 aromatic heterocycles. The number of carbonyl (C=O) groups is 2. The summed E-state index contributed by atoms with van der Waals surface area (Å²) in [5.41, 5.74) is 0.469. The van der Waals surface area contributed by atoms with Gasteiger partial charge in [-0.2, -0.15) is 5.26 Å². The molecule has 0 bridgehead atoms. The van der Waals surface area contributed by atoms with Gasteiger partial charge in [-0.3, -0.25) is 9.59 Å². The maximum atomic E-state index is 12.8. The summed E-state index contributed by atoms with van der Waals surface area (Å²) in [6.07, 6.45) is 6.03. The Kier molecular flexibility index (Phi) is 7.34. The van der Waals surface area contributed by atoms with E-state index in [2.05, 4.69) is 0 Å². The standard InChI is InChI=1S/C22H29N3O4/c1-28-20-14-17(15-23)6-7-19(20)29-16-21(26)24-12-8-18(9-13-24)22(27)25-10-4-2-3-5-11-25/h6-7,14,18H,2-5,8-13,16H2,1H3. The summed E-state index contributed by atoms with van der Waals surface area (Å²) >= 11 is 0. The highest BCUT2D eigenvalue weighted by Crippen LogP contribution is 2.28. The number of hydrogen-bond donors (Lipinski definition) is 0. The number of nitrogens with zero attached hydrogens (tertiary/aromatic N) is 3. The van der Waals surface area contributed by atoms with Crippen LogP contribution in [-0.4, -0.2) is 61.5 Å². The van der Waals surface area contributed by atoms with Crippen LogP contribution in [0.5, 0.6) is 11.5 Å². The zero-order valence-electron chi connectivity index (χ0n) is 17.1. The van der Waals surface area contributed by atoms with E-state index in [0.29, 0.717) is 43.0 Å². The summed E-state index contributed by atoms with van der Waals surface area (Å²) in [5, 5.41) is 8.96. The molecule has 0 spiro atoms. The zero-order valence-corrected chi connectivity index (χ0v) is 17.1. The lowest BCUT2D eigenvalue weighted by atomic mass is 9.95. The molecule has 0 atom stereocenters. The molecular formula is C22H29N3O4. The molecule has 1 aromatic carbocycles. The van der Waals surface area contributed by atoms with Gasteiger partial charge in [0.2, 0.25) is 5.91 Å². The molecule has 2 aliphatic rings. The molecule has 2 heterocycles. The van der Waals surface area contributed by atoms with Gasteiger partial charge >= 0.3 is 0 Å². The van der Waals surface area contributed by atoms with Crippen LogP contribution in [0, 0.1) is 17.2 Å². The molecule has 7 nitrogen and oxygen atoms in total. The first-order valence-electron chi connectivity index (χ1n) is 10.4. The summed E-state index contributed by atoms with van der Waals surface area (Å²) in [6, 6.07) is 6.89. The number of carbonyl (C=O) groups excluding carboxylic acids is 2. The third kappa shape index (κ3) is 5.41. The molecule has 0 N–H and O–H groups in total. The van der Waals surface area contributed by atoms with Gasteiger partial charge in [0.15, 0.2) is 18.1 Å². The van der Waals surface area contributed by atoms with Crippen LogP contribution in [0.3, 0.4) is 0 Å². The smallest absolute Gasteiger partial charge is 0.260 e. The number of likely N-dealkylation sites (tertiary alicyclic amines) is 2. The normalized spacial score (nSPS) is 17.9. The molecule has 0 aliphatic carbocycles. The van der Waals surface area contributed by atoms with Gasteiger partial charge in [-0.1, -0.05) is 12.8 Å². The van der Waals surface area contributed by atoms with Gasteiger partial charge in [0.25, 0.3) is 5.91 Å². The van der Waals surface area contributed by atoms with E-state index in [9.17, 15) is 9.59 Å². The summed E-state index contributed by atoms with van der Waals surface area (Å²) in [6.45, 7) is 2.82. The Balaban J connectivity index is 1.48. The minimum atomic E-state index is -0.0999. The van der Waals surface area contributed by atoms with Crippen LogP contribution < -0.4 is 9.47 Å². The van der Waals surface area contributed by atoms with Crippen molar-refractivity contribution in [2.45, 2.75) is 38.5 Å². The van der Waals surface area contributed by atoms with Crippen molar-refractivity contribution in [3.8, 4) is 17.6 Å². The minimum Gasteiger partial charge on any atom is -0.493 e. The predicted molar refractivity (Wildman–Crippen MR) is 108 cm³/mol. The van der Waals surface area contributed by atoms with Crippen molar-refractivity contribution in [1.82, 2.24) is 9.80 Å². The van der Waals surface area contributed by atoms with Crippen LogP contribution >= 0.6 is 0 Å². The van der Waals surface area contributed by atoms with Gasteiger partial charge in [0, 0.05) is 38.2 Å². The third-order valence-corrected chi connectivity index (χ3v) is 5.76. The van der Waals surface area contributed by atoms with Gasteiger partial charge in [0.05, 0.1) is 18.7 Å². The lowest BCUT2D eigenvalue weighted by molar-refractivity contribution is -0.141. The molecule has 2 amide bonds. The molecule has 0 saturated carbocycles. The quantitative estimate of drug-likeness (QED) is 0.760. The molecule has 7 heteroatoms. The topological polar surface area (TPSA) is 82.9 Å². The minimum absolute atomic E-state index is 0.0247. The predicted octanol–water partition coefficient (Wildman–Crippen LogP) is 2.59. The Morgan fingerprint density at radius 2 is 1.72 bits per heavy atom. The molecule has 2 saturated heterocycles. The second-order valence-corrected chi connectivity index (χ2v) is 7.66. The summed E-state index contributed by atoms with van der Waals surface area (Å²) in [4.78, 5) is 29.1. The monoisotopic (exact) mass is 399 g/mol. The number of benzene rings is 1. The Bertz CT molecular complexity index is 758.